The zero-order valence-corrected chi connectivity index (χ0v) is 11.5. The van der Waals surface area contributed by atoms with Gasteiger partial charge in [0.05, 0.1) is 11.4 Å². The van der Waals surface area contributed by atoms with Gasteiger partial charge in [0.1, 0.15) is 5.37 Å². The predicted molar refractivity (Wildman–Crippen MR) is 73.0 cm³/mol. The van der Waals surface area contributed by atoms with Gasteiger partial charge in [-0.15, -0.1) is 11.8 Å². The quantitative estimate of drug-likeness (QED) is 0.763. The van der Waals surface area contributed by atoms with Crippen molar-refractivity contribution in [2.75, 3.05) is 12.8 Å². The molecule has 2 unspecified atom stereocenters. The Hall–Kier alpha value is -0.740. The fourth-order valence-electron chi connectivity index (χ4n) is 2.66. The van der Waals surface area contributed by atoms with Crippen molar-refractivity contribution in [2.45, 2.75) is 31.2 Å². The van der Waals surface area contributed by atoms with Crippen LogP contribution in [0.25, 0.3) is 6.08 Å². The summed E-state index contributed by atoms with van der Waals surface area (Å²) in [5.41, 5.74) is 4.07. The van der Waals surface area contributed by atoms with Gasteiger partial charge in [0.15, 0.2) is 0 Å². The predicted octanol–water partition coefficient (Wildman–Crippen LogP) is 2.45. The number of thioether (sulfide) groups is 1. The molecule has 0 N–H and O–H groups in total. The van der Waals surface area contributed by atoms with Crippen LogP contribution in [0, 0.1) is 0 Å². The lowest BCUT2D eigenvalue weighted by Crippen LogP contribution is -2.26. The van der Waals surface area contributed by atoms with Gasteiger partial charge in [0.25, 0.3) is 0 Å². The van der Waals surface area contributed by atoms with Crippen LogP contribution in [0.5, 0.6) is 0 Å². The number of hydrogen-bond donors (Lipinski definition) is 0. The molecule has 4 heteroatoms. The number of rotatable bonds is 1. The molecule has 2 aliphatic rings. The second kappa shape index (κ2) is 4.18. The topological polar surface area (TPSA) is 21.1 Å². The van der Waals surface area contributed by atoms with Crippen LogP contribution in [-0.4, -0.2) is 33.5 Å². The van der Waals surface area contributed by atoms with Gasteiger partial charge in [0, 0.05) is 24.4 Å². The minimum atomic E-state index is 0.450. The summed E-state index contributed by atoms with van der Waals surface area (Å²) in [6.45, 7) is 2.29. The molecule has 0 saturated carbocycles. The molecule has 1 saturated heterocycles. The first-order valence-electron chi connectivity index (χ1n) is 6.24. The number of fused-ring (bicyclic) bond motifs is 1. The van der Waals surface area contributed by atoms with Crippen LogP contribution in [0.4, 0.5) is 0 Å². The molecule has 2 atom stereocenters. The number of aromatic nitrogens is 2. The maximum atomic E-state index is 4.76. The number of nitrogens with zero attached hydrogens (tertiary/aromatic N) is 3. The molecule has 1 aromatic heterocycles. The van der Waals surface area contributed by atoms with Crippen molar-refractivity contribution in [3.05, 3.63) is 23.0 Å². The van der Waals surface area contributed by atoms with E-state index >= 15 is 0 Å². The first kappa shape index (κ1) is 11.4. The molecule has 1 fully saturated rings. The Morgan fingerprint density at radius 1 is 1.41 bits per heavy atom. The van der Waals surface area contributed by atoms with Crippen LogP contribution in [0.3, 0.4) is 0 Å². The molecule has 0 spiro atoms. The van der Waals surface area contributed by atoms with Crippen molar-refractivity contribution in [2.24, 2.45) is 7.05 Å². The third-order valence-corrected chi connectivity index (χ3v) is 5.40. The third kappa shape index (κ3) is 1.74. The van der Waals surface area contributed by atoms with E-state index in [1.165, 1.54) is 22.7 Å². The third-order valence-electron chi connectivity index (χ3n) is 3.86. The van der Waals surface area contributed by atoms with Crippen molar-refractivity contribution in [3.63, 3.8) is 0 Å². The summed E-state index contributed by atoms with van der Waals surface area (Å²) < 4.78 is 2.04. The van der Waals surface area contributed by atoms with Crippen molar-refractivity contribution in [3.8, 4) is 0 Å². The molecule has 3 nitrogen and oxygen atoms in total. The summed E-state index contributed by atoms with van der Waals surface area (Å²) in [7, 11) is 4.27. The lowest BCUT2D eigenvalue weighted by atomic mass is 10.0. The standard InChI is InChI=1S/C13H19N3S/c1-9-8-17-13(15(9)2)12-10-6-4-5-7-11(10)16(3)14-12/h5,7,9,13H,4,6,8H2,1-3H3. The van der Waals surface area contributed by atoms with Gasteiger partial charge in [-0.05, 0) is 32.9 Å². The molecule has 1 aliphatic heterocycles. The van der Waals surface area contributed by atoms with Gasteiger partial charge in [0.2, 0.25) is 0 Å². The average molecular weight is 249 g/mol. The van der Waals surface area contributed by atoms with Gasteiger partial charge in [-0.1, -0.05) is 6.08 Å². The van der Waals surface area contributed by atoms with Crippen molar-refractivity contribution < 1.29 is 0 Å². The lowest BCUT2D eigenvalue weighted by molar-refractivity contribution is 0.277. The summed E-state index contributed by atoms with van der Waals surface area (Å²) in [5.74, 6) is 1.21. The van der Waals surface area contributed by atoms with Gasteiger partial charge < -0.3 is 0 Å². The monoisotopic (exact) mass is 249 g/mol. The highest BCUT2D eigenvalue weighted by atomic mass is 32.2. The van der Waals surface area contributed by atoms with Crippen LogP contribution in [0.1, 0.15) is 35.7 Å². The minimum absolute atomic E-state index is 0.450. The zero-order chi connectivity index (χ0) is 12.0. The number of allylic oxidation sites excluding steroid dienone is 1. The fraction of sp³-hybridized carbons (Fsp3) is 0.615. The Kier molecular flexibility index (Phi) is 2.79. The van der Waals surface area contributed by atoms with E-state index in [9.17, 15) is 0 Å². The Morgan fingerprint density at radius 3 is 2.94 bits per heavy atom. The van der Waals surface area contributed by atoms with E-state index in [-0.39, 0.29) is 0 Å². The van der Waals surface area contributed by atoms with E-state index in [0.29, 0.717) is 11.4 Å². The van der Waals surface area contributed by atoms with E-state index in [1.807, 2.05) is 16.4 Å². The molecular weight excluding hydrogens is 230 g/mol. The largest absolute Gasteiger partial charge is 0.286 e. The summed E-state index contributed by atoms with van der Waals surface area (Å²) in [6.07, 6.45) is 6.77. The Morgan fingerprint density at radius 2 is 2.24 bits per heavy atom. The Balaban J connectivity index is 2.01. The maximum absolute atomic E-state index is 4.76. The summed E-state index contributed by atoms with van der Waals surface area (Å²) in [6, 6.07) is 0.654. The first-order valence-corrected chi connectivity index (χ1v) is 7.29. The van der Waals surface area contributed by atoms with Crippen LogP contribution >= 0.6 is 11.8 Å². The molecule has 2 heterocycles. The molecule has 1 aromatic rings. The van der Waals surface area contributed by atoms with Gasteiger partial charge in [-0.3, -0.25) is 9.58 Å². The van der Waals surface area contributed by atoms with Crippen molar-refractivity contribution in [1.82, 2.24) is 14.7 Å². The number of hydrogen-bond acceptors (Lipinski definition) is 3. The van der Waals surface area contributed by atoms with E-state index in [2.05, 4.69) is 38.1 Å². The Labute approximate surface area is 107 Å². The molecule has 3 rings (SSSR count). The van der Waals surface area contributed by atoms with E-state index in [0.717, 1.165) is 12.8 Å². The van der Waals surface area contributed by atoms with Crippen LogP contribution in [-0.2, 0) is 13.5 Å². The van der Waals surface area contributed by atoms with E-state index in [4.69, 9.17) is 5.10 Å². The molecule has 17 heavy (non-hydrogen) atoms. The molecular formula is C13H19N3S. The maximum Gasteiger partial charge on any atom is 0.101 e. The van der Waals surface area contributed by atoms with Crippen molar-refractivity contribution >= 4 is 17.8 Å². The van der Waals surface area contributed by atoms with Gasteiger partial charge >= 0.3 is 0 Å². The second-order valence-corrected chi connectivity index (χ2v) is 6.13. The Bertz CT molecular complexity index is 463. The second-order valence-electron chi connectivity index (χ2n) is 5.01. The highest BCUT2D eigenvalue weighted by molar-refractivity contribution is 7.99. The number of aryl methyl sites for hydroxylation is 1. The molecule has 0 amide bonds. The van der Waals surface area contributed by atoms with Crippen molar-refractivity contribution in [1.29, 1.82) is 0 Å². The highest BCUT2D eigenvalue weighted by Crippen LogP contribution is 2.42. The normalized spacial score (nSPS) is 28.6. The molecule has 1 aliphatic carbocycles. The van der Waals surface area contributed by atoms with Gasteiger partial charge in [-0.25, -0.2) is 0 Å². The lowest BCUT2D eigenvalue weighted by Gasteiger charge is -2.21. The first-order chi connectivity index (χ1) is 8.18. The smallest absolute Gasteiger partial charge is 0.101 e. The molecule has 0 radical (unpaired) electrons. The van der Waals surface area contributed by atoms with Crippen LogP contribution in [0.2, 0.25) is 0 Å². The average Bonchev–Trinajstić information content (AvgIpc) is 2.83. The van der Waals surface area contributed by atoms with Crippen LogP contribution < -0.4 is 0 Å². The summed E-state index contributed by atoms with van der Waals surface area (Å²) in [5, 5.41) is 5.21. The van der Waals surface area contributed by atoms with E-state index in [1.54, 1.807) is 0 Å². The highest BCUT2D eigenvalue weighted by Gasteiger charge is 2.33. The van der Waals surface area contributed by atoms with Crippen LogP contribution in [0.15, 0.2) is 6.08 Å². The summed E-state index contributed by atoms with van der Waals surface area (Å²) in [4.78, 5) is 2.45. The molecule has 92 valence electrons. The zero-order valence-electron chi connectivity index (χ0n) is 10.7. The SMILES string of the molecule is CC1CSC(c2nn(C)c3c2CCC=C3)N1C. The molecule has 0 aromatic carbocycles. The molecule has 0 bridgehead atoms. The summed E-state index contributed by atoms with van der Waals surface area (Å²) >= 11 is 2.02. The minimum Gasteiger partial charge on any atom is -0.286 e. The van der Waals surface area contributed by atoms with Gasteiger partial charge in [-0.2, -0.15) is 5.10 Å². The van der Waals surface area contributed by atoms with E-state index < -0.39 is 0 Å². The fourth-order valence-corrected chi connectivity index (χ4v) is 4.14.